The molecule has 4 rings (SSSR count). The lowest BCUT2D eigenvalue weighted by Crippen LogP contribution is -2.39. The maximum absolute atomic E-state index is 13.2. The Morgan fingerprint density at radius 2 is 1.78 bits per heavy atom. The molecule has 1 aliphatic rings. The van der Waals surface area contributed by atoms with E-state index >= 15 is 0 Å². The van der Waals surface area contributed by atoms with Crippen LogP contribution >= 0.6 is 0 Å². The zero-order valence-electron chi connectivity index (χ0n) is 18.3. The number of fused-ring (bicyclic) bond motifs is 1. The fraction of sp³-hybridized carbons (Fsp3) is 0.360. The molecule has 1 N–H and O–H groups in total. The van der Waals surface area contributed by atoms with Crippen LogP contribution in [0.1, 0.15) is 32.1 Å². The van der Waals surface area contributed by atoms with Crippen LogP contribution in [-0.4, -0.2) is 32.8 Å². The molecule has 1 aliphatic carbocycles. The Hall–Kier alpha value is -3.48. The number of methoxy groups -OCH3 is 2. The fourth-order valence-electron chi connectivity index (χ4n) is 4.08. The van der Waals surface area contributed by atoms with E-state index in [-0.39, 0.29) is 35.5 Å². The summed E-state index contributed by atoms with van der Waals surface area (Å²) >= 11 is 0. The van der Waals surface area contributed by atoms with Crippen LogP contribution in [0, 0.1) is 0 Å². The molecule has 7 nitrogen and oxygen atoms in total. The molecule has 32 heavy (non-hydrogen) atoms. The Balaban J connectivity index is 1.68. The number of carbonyl (C=O) groups excluding carboxylic acids is 1. The van der Waals surface area contributed by atoms with Gasteiger partial charge < -0.3 is 23.9 Å². The Kier molecular flexibility index (Phi) is 6.63. The first-order chi connectivity index (χ1) is 15.6. The van der Waals surface area contributed by atoms with E-state index in [0.717, 1.165) is 25.7 Å². The van der Waals surface area contributed by atoms with E-state index in [9.17, 15) is 9.59 Å². The second-order valence-corrected chi connectivity index (χ2v) is 7.85. The third-order valence-electron chi connectivity index (χ3n) is 5.72. The molecule has 1 heterocycles. The van der Waals surface area contributed by atoms with Gasteiger partial charge in [0.25, 0.3) is 5.91 Å². The van der Waals surface area contributed by atoms with Crippen molar-refractivity contribution in [1.82, 2.24) is 5.32 Å². The number of carbonyl (C=O) groups is 1. The van der Waals surface area contributed by atoms with E-state index < -0.39 is 0 Å². The predicted octanol–water partition coefficient (Wildman–Crippen LogP) is 4.30. The summed E-state index contributed by atoms with van der Waals surface area (Å²) in [6.45, 7) is -0.264. The van der Waals surface area contributed by atoms with Crippen LogP contribution in [0.25, 0.3) is 22.3 Å². The van der Waals surface area contributed by atoms with E-state index in [2.05, 4.69) is 5.32 Å². The van der Waals surface area contributed by atoms with Crippen molar-refractivity contribution in [2.24, 2.45) is 0 Å². The smallest absolute Gasteiger partial charge is 0.258 e. The lowest BCUT2D eigenvalue weighted by atomic mass is 9.95. The third kappa shape index (κ3) is 4.56. The van der Waals surface area contributed by atoms with Crippen molar-refractivity contribution in [3.8, 4) is 28.6 Å². The highest BCUT2D eigenvalue weighted by Gasteiger charge is 2.21. The molecule has 0 radical (unpaired) electrons. The van der Waals surface area contributed by atoms with Gasteiger partial charge >= 0.3 is 0 Å². The van der Waals surface area contributed by atoms with Gasteiger partial charge in [-0.05, 0) is 43.2 Å². The average molecular weight is 437 g/mol. The summed E-state index contributed by atoms with van der Waals surface area (Å²) in [5.41, 5.74) is 0.677. The maximum atomic E-state index is 13.2. The lowest BCUT2D eigenvalue weighted by molar-refractivity contribution is -0.124. The van der Waals surface area contributed by atoms with Crippen LogP contribution in [-0.2, 0) is 4.79 Å². The first kappa shape index (κ1) is 21.7. The number of hydrogen-bond donors (Lipinski definition) is 1. The Bertz CT molecular complexity index is 1160. The quantitative estimate of drug-likeness (QED) is 0.593. The standard InChI is InChI=1S/C25H27NO6/c1-29-20-13-12-16(14-21(20)30-2)24-25(23(28)18-10-6-7-11-19(18)32-24)31-15-22(27)26-17-8-4-3-5-9-17/h6-7,10-14,17H,3-5,8-9,15H2,1-2H3,(H,26,27). The molecular formula is C25H27NO6. The molecule has 1 fully saturated rings. The monoisotopic (exact) mass is 437 g/mol. The van der Waals surface area contributed by atoms with Crippen LogP contribution in [0.4, 0.5) is 0 Å². The van der Waals surface area contributed by atoms with Gasteiger partial charge in [-0.25, -0.2) is 0 Å². The van der Waals surface area contributed by atoms with Gasteiger partial charge in [0, 0.05) is 11.6 Å². The molecule has 1 aromatic heterocycles. The van der Waals surface area contributed by atoms with Gasteiger partial charge in [-0.1, -0.05) is 31.4 Å². The zero-order chi connectivity index (χ0) is 22.5. The minimum Gasteiger partial charge on any atom is -0.493 e. The van der Waals surface area contributed by atoms with E-state index in [0.29, 0.717) is 28.0 Å². The van der Waals surface area contributed by atoms with Crippen molar-refractivity contribution in [1.29, 1.82) is 0 Å². The highest BCUT2D eigenvalue weighted by molar-refractivity contribution is 5.83. The number of ether oxygens (including phenoxy) is 3. The van der Waals surface area contributed by atoms with E-state index in [1.165, 1.54) is 13.5 Å². The topological polar surface area (TPSA) is 87.0 Å². The van der Waals surface area contributed by atoms with E-state index in [4.69, 9.17) is 18.6 Å². The summed E-state index contributed by atoms with van der Waals surface area (Å²) in [7, 11) is 3.08. The minimum absolute atomic E-state index is 0.00489. The highest BCUT2D eigenvalue weighted by Crippen LogP contribution is 2.36. The average Bonchev–Trinajstić information content (AvgIpc) is 2.83. The summed E-state index contributed by atoms with van der Waals surface area (Å²) in [6, 6.07) is 12.3. The fourth-order valence-corrected chi connectivity index (χ4v) is 4.08. The van der Waals surface area contributed by atoms with Gasteiger partial charge in [-0.2, -0.15) is 0 Å². The van der Waals surface area contributed by atoms with Crippen molar-refractivity contribution in [2.75, 3.05) is 20.8 Å². The molecule has 1 saturated carbocycles. The van der Waals surface area contributed by atoms with Gasteiger partial charge in [0.2, 0.25) is 11.2 Å². The summed E-state index contributed by atoms with van der Waals surface area (Å²) in [5, 5.41) is 3.39. The highest BCUT2D eigenvalue weighted by atomic mass is 16.5. The number of rotatable bonds is 7. The van der Waals surface area contributed by atoms with Gasteiger partial charge in [0.15, 0.2) is 23.9 Å². The largest absolute Gasteiger partial charge is 0.493 e. The molecule has 0 aliphatic heterocycles. The number of nitrogens with one attached hydrogen (secondary N) is 1. The molecule has 2 aromatic carbocycles. The summed E-state index contributed by atoms with van der Waals surface area (Å²) in [6.07, 6.45) is 5.38. The molecule has 0 unspecified atom stereocenters. The van der Waals surface area contributed by atoms with Crippen molar-refractivity contribution in [2.45, 2.75) is 38.1 Å². The van der Waals surface area contributed by atoms with Crippen molar-refractivity contribution in [3.05, 3.63) is 52.7 Å². The second-order valence-electron chi connectivity index (χ2n) is 7.85. The molecule has 1 amide bonds. The third-order valence-corrected chi connectivity index (χ3v) is 5.72. The molecule has 0 spiro atoms. The molecular weight excluding hydrogens is 410 g/mol. The lowest BCUT2D eigenvalue weighted by Gasteiger charge is -2.22. The minimum atomic E-state index is -0.331. The van der Waals surface area contributed by atoms with Gasteiger partial charge in [-0.3, -0.25) is 9.59 Å². The van der Waals surface area contributed by atoms with Crippen molar-refractivity contribution < 1.29 is 23.4 Å². The van der Waals surface area contributed by atoms with Crippen molar-refractivity contribution in [3.63, 3.8) is 0 Å². The SMILES string of the molecule is COc1ccc(-c2oc3ccccc3c(=O)c2OCC(=O)NC2CCCCC2)cc1OC. The second kappa shape index (κ2) is 9.77. The Morgan fingerprint density at radius 3 is 2.53 bits per heavy atom. The normalized spacial score (nSPS) is 14.2. The van der Waals surface area contributed by atoms with E-state index in [1.54, 1.807) is 49.6 Å². The number of hydrogen-bond acceptors (Lipinski definition) is 6. The number of benzene rings is 2. The summed E-state index contributed by atoms with van der Waals surface area (Å²) < 4.78 is 22.5. The maximum Gasteiger partial charge on any atom is 0.258 e. The van der Waals surface area contributed by atoms with Gasteiger partial charge in [0.05, 0.1) is 19.6 Å². The van der Waals surface area contributed by atoms with Crippen LogP contribution < -0.4 is 25.0 Å². The predicted molar refractivity (Wildman–Crippen MR) is 122 cm³/mol. The van der Waals surface area contributed by atoms with Gasteiger partial charge in [-0.15, -0.1) is 0 Å². The van der Waals surface area contributed by atoms with Crippen molar-refractivity contribution >= 4 is 16.9 Å². The van der Waals surface area contributed by atoms with Crippen LogP contribution in [0.2, 0.25) is 0 Å². The molecule has 0 atom stereocenters. The Morgan fingerprint density at radius 1 is 1.03 bits per heavy atom. The number of amides is 1. The molecule has 7 heteroatoms. The Labute approximate surface area is 186 Å². The number of para-hydroxylation sites is 1. The first-order valence-electron chi connectivity index (χ1n) is 10.8. The molecule has 0 bridgehead atoms. The van der Waals surface area contributed by atoms with Crippen LogP contribution in [0.3, 0.4) is 0 Å². The zero-order valence-corrected chi connectivity index (χ0v) is 18.3. The molecule has 3 aromatic rings. The molecule has 168 valence electrons. The van der Waals surface area contributed by atoms with E-state index in [1.807, 2.05) is 0 Å². The summed E-state index contributed by atoms with van der Waals surface area (Å²) in [4.78, 5) is 25.7. The first-order valence-corrected chi connectivity index (χ1v) is 10.8. The summed E-state index contributed by atoms with van der Waals surface area (Å²) in [5.74, 6) is 1.02. The van der Waals surface area contributed by atoms with Crippen LogP contribution in [0.5, 0.6) is 17.2 Å². The molecule has 0 saturated heterocycles. The van der Waals surface area contributed by atoms with Crippen LogP contribution in [0.15, 0.2) is 51.7 Å². The van der Waals surface area contributed by atoms with Gasteiger partial charge in [0.1, 0.15) is 5.58 Å².